The molecule has 0 aliphatic carbocycles. The second kappa shape index (κ2) is 4.87. The molecule has 1 aliphatic heterocycles. The molecule has 0 spiro atoms. The van der Waals surface area contributed by atoms with Crippen molar-refractivity contribution in [3.8, 4) is 5.75 Å². The lowest BCUT2D eigenvalue weighted by atomic mass is 10.0. The number of nitro benzene ring substituents is 1. The highest BCUT2D eigenvalue weighted by molar-refractivity contribution is 6.00. The van der Waals surface area contributed by atoms with Crippen molar-refractivity contribution in [1.29, 1.82) is 0 Å². The van der Waals surface area contributed by atoms with Gasteiger partial charge in [-0.25, -0.2) is 0 Å². The standard InChI is InChI=1S/C13H16N2O4/c1-4-14-10-7-9(15(17)18)5-6-11(10)19-12(8(2)3)13(14)16/h5-8,12H,4H2,1-3H3. The predicted octanol–water partition coefficient (Wildman–Crippen LogP) is 2.36. The monoisotopic (exact) mass is 264 g/mol. The topological polar surface area (TPSA) is 72.7 Å². The molecule has 0 saturated carbocycles. The predicted molar refractivity (Wildman–Crippen MR) is 70.4 cm³/mol. The number of hydrogen-bond donors (Lipinski definition) is 0. The van der Waals surface area contributed by atoms with Gasteiger partial charge in [0, 0.05) is 18.7 Å². The van der Waals surface area contributed by atoms with Crippen LogP contribution >= 0.6 is 0 Å². The molecular weight excluding hydrogens is 248 g/mol. The quantitative estimate of drug-likeness (QED) is 0.620. The Kier molecular flexibility index (Phi) is 3.42. The summed E-state index contributed by atoms with van der Waals surface area (Å²) in [6.07, 6.45) is -0.533. The smallest absolute Gasteiger partial charge is 0.271 e. The molecule has 0 fully saturated rings. The van der Waals surface area contributed by atoms with Crippen molar-refractivity contribution in [2.75, 3.05) is 11.4 Å². The molecular formula is C13H16N2O4. The van der Waals surface area contributed by atoms with Gasteiger partial charge in [0.05, 0.1) is 10.6 Å². The number of amides is 1. The van der Waals surface area contributed by atoms with E-state index in [1.54, 1.807) is 6.07 Å². The Hall–Kier alpha value is -2.11. The minimum Gasteiger partial charge on any atom is -0.478 e. The lowest BCUT2D eigenvalue weighted by molar-refractivity contribution is -0.384. The number of carbonyl (C=O) groups excluding carboxylic acids is 1. The summed E-state index contributed by atoms with van der Waals surface area (Å²) in [7, 11) is 0. The van der Waals surface area contributed by atoms with E-state index in [0.29, 0.717) is 18.0 Å². The average Bonchev–Trinajstić information content (AvgIpc) is 2.37. The second-order valence-electron chi connectivity index (χ2n) is 4.77. The Morgan fingerprint density at radius 1 is 1.47 bits per heavy atom. The van der Waals surface area contributed by atoms with E-state index >= 15 is 0 Å². The van der Waals surface area contributed by atoms with Crippen molar-refractivity contribution in [2.24, 2.45) is 5.92 Å². The minimum absolute atomic E-state index is 0.0448. The van der Waals surface area contributed by atoms with E-state index in [2.05, 4.69) is 0 Å². The van der Waals surface area contributed by atoms with Crippen molar-refractivity contribution in [1.82, 2.24) is 0 Å². The molecule has 1 heterocycles. The summed E-state index contributed by atoms with van der Waals surface area (Å²) in [5, 5.41) is 10.8. The molecule has 0 saturated heterocycles. The third kappa shape index (κ3) is 2.25. The normalized spacial score (nSPS) is 18.2. The largest absolute Gasteiger partial charge is 0.478 e. The summed E-state index contributed by atoms with van der Waals surface area (Å²) in [6.45, 7) is 6.11. The zero-order chi connectivity index (χ0) is 14.2. The molecule has 1 amide bonds. The molecule has 0 radical (unpaired) electrons. The Morgan fingerprint density at radius 3 is 2.68 bits per heavy atom. The van der Waals surface area contributed by atoms with Crippen LogP contribution in [0, 0.1) is 16.0 Å². The third-order valence-corrected chi connectivity index (χ3v) is 3.13. The van der Waals surface area contributed by atoms with Gasteiger partial charge < -0.3 is 9.64 Å². The number of nitro groups is 1. The van der Waals surface area contributed by atoms with Gasteiger partial charge in [0.1, 0.15) is 5.75 Å². The molecule has 0 N–H and O–H groups in total. The van der Waals surface area contributed by atoms with Gasteiger partial charge in [-0.1, -0.05) is 13.8 Å². The molecule has 0 aromatic heterocycles. The number of likely N-dealkylation sites (N-methyl/N-ethyl adjacent to an activating group) is 1. The number of ether oxygens (including phenoxy) is 1. The highest BCUT2D eigenvalue weighted by atomic mass is 16.6. The van der Waals surface area contributed by atoms with Gasteiger partial charge >= 0.3 is 0 Å². The van der Waals surface area contributed by atoms with Crippen LogP contribution in [0.2, 0.25) is 0 Å². The van der Waals surface area contributed by atoms with Crippen molar-refractivity contribution < 1.29 is 14.5 Å². The van der Waals surface area contributed by atoms with Crippen LogP contribution in [0.4, 0.5) is 11.4 Å². The molecule has 102 valence electrons. The molecule has 1 unspecified atom stereocenters. The maximum absolute atomic E-state index is 12.3. The number of carbonyl (C=O) groups is 1. The van der Waals surface area contributed by atoms with E-state index in [-0.39, 0.29) is 17.5 Å². The van der Waals surface area contributed by atoms with Gasteiger partial charge in [-0.2, -0.15) is 0 Å². The maximum atomic E-state index is 12.3. The molecule has 6 nitrogen and oxygen atoms in total. The fraction of sp³-hybridized carbons (Fsp3) is 0.462. The van der Waals surface area contributed by atoms with Gasteiger partial charge in [0.15, 0.2) is 6.10 Å². The van der Waals surface area contributed by atoms with E-state index in [0.717, 1.165) is 0 Å². The van der Waals surface area contributed by atoms with E-state index < -0.39 is 11.0 Å². The van der Waals surface area contributed by atoms with Crippen LogP contribution in [0.3, 0.4) is 0 Å². The maximum Gasteiger partial charge on any atom is 0.271 e. The number of fused-ring (bicyclic) bond motifs is 1. The first-order valence-electron chi connectivity index (χ1n) is 6.22. The molecule has 0 bridgehead atoms. The van der Waals surface area contributed by atoms with Crippen molar-refractivity contribution in [2.45, 2.75) is 26.9 Å². The summed E-state index contributed by atoms with van der Waals surface area (Å²) in [5.74, 6) is 0.418. The third-order valence-electron chi connectivity index (χ3n) is 3.13. The Bertz CT molecular complexity index is 527. The lowest BCUT2D eigenvalue weighted by Gasteiger charge is -2.35. The van der Waals surface area contributed by atoms with Crippen molar-refractivity contribution in [3.63, 3.8) is 0 Å². The summed E-state index contributed by atoms with van der Waals surface area (Å²) < 4.78 is 5.66. The van der Waals surface area contributed by atoms with Crippen LogP contribution in [0.5, 0.6) is 5.75 Å². The second-order valence-corrected chi connectivity index (χ2v) is 4.77. The van der Waals surface area contributed by atoms with Crippen LogP contribution in [0.15, 0.2) is 18.2 Å². The van der Waals surface area contributed by atoms with Gasteiger partial charge in [-0.3, -0.25) is 14.9 Å². The van der Waals surface area contributed by atoms with Crippen LogP contribution in [0.1, 0.15) is 20.8 Å². The molecule has 1 aliphatic rings. The van der Waals surface area contributed by atoms with Crippen molar-refractivity contribution >= 4 is 17.3 Å². The van der Waals surface area contributed by atoms with Crippen LogP contribution < -0.4 is 9.64 Å². The summed E-state index contributed by atoms with van der Waals surface area (Å²) in [5.41, 5.74) is 0.426. The van der Waals surface area contributed by atoms with E-state index in [1.165, 1.54) is 17.0 Å². The SMILES string of the molecule is CCN1C(=O)C(C(C)C)Oc2ccc([N+](=O)[O-])cc21. The highest BCUT2D eigenvalue weighted by Gasteiger charge is 2.36. The number of anilines is 1. The van der Waals surface area contributed by atoms with Crippen LogP contribution in [-0.2, 0) is 4.79 Å². The number of benzene rings is 1. The molecule has 6 heteroatoms. The van der Waals surface area contributed by atoms with Crippen LogP contribution in [-0.4, -0.2) is 23.5 Å². The summed E-state index contributed by atoms with van der Waals surface area (Å²) >= 11 is 0. The molecule has 2 rings (SSSR count). The summed E-state index contributed by atoms with van der Waals surface area (Å²) in [4.78, 5) is 24.1. The fourth-order valence-corrected chi connectivity index (χ4v) is 2.14. The number of nitrogens with zero attached hydrogens (tertiary/aromatic N) is 2. The molecule has 19 heavy (non-hydrogen) atoms. The van der Waals surface area contributed by atoms with Gasteiger partial charge in [0.2, 0.25) is 0 Å². The minimum atomic E-state index is -0.533. The Balaban J connectivity index is 2.49. The highest BCUT2D eigenvalue weighted by Crippen LogP contribution is 2.37. The first-order chi connectivity index (χ1) is 8.95. The first-order valence-corrected chi connectivity index (χ1v) is 6.22. The zero-order valence-electron chi connectivity index (χ0n) is 11.1. The Morgan fingerprint density at radius 2 is 2.16 bits per heavy atom. The molecule has 1 atom stereocenters. The first kappa shape index (κ1) is 13.3. The van der Waals surface area contributed by atoms with E-state index in [1.807, 2.05) is 20.8 Å². The number of rotatable bonds is 3. The van der Waals surface area contributed by atoms with Gasteiger partial charge in [0.25, 0.3) is 11.6 Å². The fourth-order valence-electron chi connectivity index (χ4n) is 2.14. The summed E-state index contributed by atoms with van der Waals surface area (Å²) in [6, 6.07) is 4.32. The van der Waals surface area contributed by atoms with Crippen molar-refractivity contribution in [3.05, 3.63) is 28.3 Å². The van der Waals surface area contributed by atoms with Gasteiger partial charge in [-0.15, -0.1) is 0 Å². The molecule has 1 aromatic rings. The zero-order valence-corrected chi connectivity index (χ0v) is 11.1. The van der Waals surface area contributed by atoms with E-state index in [4.69, 9.17) is 4.74 Å². The Labute approximate surface area is 111 Å². The van der Waals surface area contributed by atoms with E-state index in [9.17, 15) is 14.9 Å². The van der Waals surface area contributed by atoms with Crippen LogP contribution in [0.25, 0.3) is 0 Å². The number of non-ortho nitro benzene ring substituents is 1. The molecule has 1 aromatic carbocycles. The van der Waals surface area contributed by atoms with Gasteiger partial charge in [-0.05, 0) is 18.9 Å². The lowest BCUT2D eigenvalue weighted by Crippen LogP contribution is -2.48. The number of hydrogen-bond acceptors (Lipinski definition) is 4. The average molecular weight is 264 g/mol.